The Balaban J connectivity index is 1.72. The summed E-state index contributed by atoms with van der Waals surface area (Å²) in [7, 11) is -2.68. The number of ether oxygens (including phenoxy) is 4. The second kappa shape index (κ2) is 13.7. The van der Waals surface area contributed by atoms with Gasteiger partial charge in [0.1, 0.15) is 29.7 Å². The SMILES string of the molecule is COCCOc1ccc(/C=C/COC(=O)NS(=O)(=O)c2ccc(Cl)cc2)c(Oc2ncc(C(F)(F)F)cc2Cl)c1. The van der Waals surface area contributed by atoms with Crippen LogP contribution in [-0.4, -0.2) is 46.4 Å². The van der Waals surface area contributed by atoms with Crippen LogP contribution >= 0.6 is 23.2 Å². The van der Waals surface area contributed by atoms with E-state index < -0.39 is 27.9 Å². The van der Waals surface area contributed by atoms with Crippen molar-refractivity contribution in [3.05, 3.63) is 82.0 Å². The summed E-state index contributed by atoms with van der Waals surface area (Å²) < 4.78 is 86.2. The molecule has 40 heavy (non-hydrogen) atoms. The number of nitrogens with zero attached hydrogens (tertiary/aromatic N) is 1. The number of pyridine rings is 1. The lowest BCUT2D eigenvalue weighted by molar-refractivity contribution is -0.137. The van der Waals surface area contributed by atoms with Gasteiger partial charge in [0, 0.05) is 30.0 Å². The third-order valence-corrected chi connectivity index (χ3v) is 6.68. The highest BCUT2D eigenvalue weighted by Crippen LogP contribution is 2.36. The molecule has 2 aromatic carbocycles. The Bertz CT molecular complexity index is 1470. The summed E-state index contributed by atoms with van der Waals surface area (Å²) in [4.78, 5) is 15.5. The average molecular weight is 621 g/mol. The molecule has 1 aromatic heterocycles. The van der Waals surface area contributed by atoms with Crippen LogP contribution < -0.4 is 14.2 Å². The first kappa shape index (κ1) is 31.0. The van der Waals surface area contributed by atoms with Crippen molar-refractivity contribution in [2.24, 2.45) is 0 Å². The molecule has 0 saturated heterocycles. The molecule has 0 bridgehead atoms. The van der Waals surface area contributed by atoms with Gasteiger partial charge >= 0.3 is 12.3 Å². The fourth-order valence-electron chi connectivity index (χ4n) is 2.94. The van der Waals surface area contributed by atoms with Gasteiger partial charge in [-0.05, 0) is 48.5 Å². The van der Waals surface area contributed by atoms with Crippen molar-refractivity contribution in [2.45, 2.75) is 11.1 Å². The zero-order valence-corrected chi connectivity index (χ0v) is 22.9. The van der Waals surface area contributed by atoms with Crippen molar-refractivity contribution in [2.75, 3.05) is 26.9 Å². The van der Waals surface area contributed by atoms with Gasteiger partial charge in [-0.15, -0.1) is 0 Å². The zero-order chi connectivity index (χ0) is 29.3. The van der Waals surface area contributed by atoms with Crippen LogP contribution in [0.1, 0.15) is 11.1 Å². The molecule has 0 aliphatic rings. The molecule has 3 aromatic rings. The van der Waals surface area contributed by atoms with E-state index in [2.05, 4.69) is 4.98 Å². The zero-order valence-electron chi connectivity index (χ0n) is 20.6. The molecule has 0 atom stereocenters. The Labute approximate surface area is 237 Å². The highest BCUT2D eigenvalue weighted by molar-refractivity contribution is 7.90. The minimum atomic E-state index is -4.64. The van der Waals surface area contributed by atoms with E-state index >= 15 is 0 Å². The predicted octanol–water partition coefficient (Wildman–Crippen LogP) is 6.35. The van der Waals surface area contributed by atoms with Gasteiger partial charge in [0.15, 0.2) is 0 Å². The number of amides is 1. The summed E-state index contributed by atoms with van der Waals surface area (Å²) >= 11 is 11.7. The fraction of sp³-hybridized carbons (Fsp3) is 0.200. The largest absolute Gasteiger partial charge is 0.491 e. The van der Waals surface area contributed by atoms with Crippen LogP contribution in [0.4, 0.5) is 18.0 Å². The first-order valence-corrected chi connectivity index (χ1v) is 13.4. The van der Waals surface area contributed by atoms with Gasteiger partial charge in [0.25, 0.3) is 10.0 Å². The molecule has 1 amide bonds. The second-order valence-electron chi connectivity index (χ2n) is 7.71. The van der Waals surface area contributed by atoms with E-state index in [0.717, 1.165) is 0 Å². The minimum Gasteiger partial charge on any atom is -0.491 e. The molecule has 0 unspecified atom stereocenters. The van der Waals surface area contributed by atoms with Crippen LogP contribution in [0.3, 0.4) is 0 Å². The number of sulfonamides is 1. The van der Waals surface area contributed by atoms with Gasteiger partial charge in [0.05, 0.1) is 17.1 Å². The predicted molar refractivity (Wildman–Crippen MR) is 140 cm³/mol. The number of carbonyl (C=O) groups is 1. The normalized spacial score (nSPS) is 11.8. The number of benzene rings is 2. The van der Waals surface area contributed by atoms with Crippen molar-refractivity contribution in [1.82, 2.24) is 9.71 Å². The number of alkyl halides is 3. The van der Waals surface area contributed by atoms with E-state index in [0.29, 0.717) is 35.2 Å². The van der Waals surface area contributed by atoms with E-state index in [1.54, 1.807) is 16.9 Å². The number of hydrogen-bond donors (Lipinski definition) is 1. The third kappa shape index (κ3) is 9.01. The molecular formula is C25H21Cl2F3N2O7S. The first-order valence-electron chi connectivity index (χ1n) is 11.2. The topological polar surface area (TPSA) is 113 Å². The van der Waals surface area contributed by atoms with Gasteiger partial charge in [-0.3, -0.25) is 0 Å². The van der Waals surface area contributed by atoms with Gasteiger partial charge in [-0.1, -0.05) is 29.3 Å². The maximum Gasteiger partial charge on any atom is 0.421 e. The minimum absolute atomic E-state index is 0.107. The van der Waals surface area contributed by atoms with E-state index in [4.69, 9.17) is 42.1 Å². The number of rotatable bonds is 11. The summed E-state index contributed by atoms with van der Waals surface area (Å²) in [5.74, 6) is 0.173. The van der Waals surface area contributed by atoms with Gasteiger partial charge in [0.2, 0.25) is 5.88 Å². The van der Waals surface area contributed by atoms with Gasteiger partial charge in [-0.2, -0.15) is 13.2 Å². The molecule has 1 heterocycles. The lowest BCUT2D eigenvalue weighted by Gasteiger charge is -2.13. The summed E-state index contributed by atoms with van der Waals surface area (Å²) in [5, 5.41) is -0.0571. The summed E-state index contributed by atoms with van der Waals surface area (Å²) in [6.45, 7) is 0.177. The highest BCUT2D eigenvalue weighted by atomic mass is 35.5. The molecule has 0 aliphatic heterocycles. The Kier molecular flexibility index (Phi) is 10.6. The number of halogens is 5. The summed E-state index contributed by atoms with van der Waals surface area (Å²) in [6.07, 6.45) is -2.44. The van der Waals surface area contributed by atoms with Crippen molar-refractivity contribution in [1.29, 1.82) is 0 Å². The number of nitrogens with one attached hydrogen (secondary N) is 1. The van der Waals surface area contributed by atoms with E-state index in [1.807, 2.05) is 0 Å². The first-order chi connectivity index (χ1) is 18.9. The van der Waals surface area contributed by atoms with Crippen molar-refractivity contribution < 1.29 is 45.3 Å². The van der Waals surface area contributed by atoms with Crippen LogP contribution in [0.2, 0.25) is 10.0 Å². The number of hydrogen-bond acceptors (Lipinski definition) is 8. The number of aromatic nitrogens is 1. The quantitative estimate of drug-likeness (QED) is 0.247. The summed E-state index contributed by atoms with van der Waals surface area (Å²) in [6, 6.07) is 10.4. The average Bonchev–Trinajstić information content (AvgIpc) is 2.88. The molecule has 9 nitrogen and oxygen atoms in total. The molecule has 0 aliphatic carbocycles. The molecule has 1 N–H and O–H groups in total. The molecule has 0 radical (unpaired) electrons. The Morgan fingerprint density at radius 3 is 2.45 bits per heavy atom. The van der Waals surface area contributed by atoms with Crippen molar-refractivity contribution >= 4 is 45.4 Å². The summed E-state index contributed by atoms with van der Waals surface area (Å²) in [5.41, 5.74) is -0.662. The molecular weight excluding hydrogens is 600 g/mol. The van der Waals surface area contributed by atoms with Crippen molar-refractivity contribution in [3.63, 3.8) is 0 Å². The van der Waals surface area contributed by atoms with Gasteiger partial charge in [-0.25, -0.2) is 22.9 Å². The van der Waals surface area contributed by atoms with E-state index in [1.165, 1.54) is 49.6 Å². The number of carbonyl (C=O) groups excluding carboxylic acids is 1. The Hall–Kier alpha value is -3.52. The van der Waals surface area contributed by atoms with Crippen molar-refractivity contribution in [3.8, 4) is 17.4 Å². The third-order valence-electron chi connectivity index (χ3n) is 4.83. The molecule has 0 fully saturated rings. The monoisotopic (exact) mass is 620 g/mol. The lowest BCUT2D eigenvalue weighted by atomic mass is 10.1. The Morgan fingerprint density at radius 2 is 1.80 bits per heavy atom. The number of methoxy groups -OCH3 is 1. The maximum absolute atomic E-state index is 13.0. The second-order valence-corrected chi connectivity index (χ2v) is 10.2. The molecule has 15 heteroatoms. The maximum atomic E-state index is 13.0. The fourth-order valence-corrected chi connectivity index (χ4v) is 4.17. The van der Waals surface area contributed by atoms with Crippen LogP contribution in [0.15, 0.2) is 65.7 Å². The Morgan fingerprint density at radius 1 is 1.07 bits per heavy atom. The lowest BCUT2D eigenvalue weighted by Crippen LogP contribution is -2.31. The van der Waals surface area contributed by atoms with Crippen LogP contribution in [0, 0.1) is 0 Å². The van der Waals surface area contributed by atoms with Crippen LogP contribution in [0.5, 0.6) is 17.4 Å². The van der Waals surface area contributed by atoms with E-state index in [9.17, 15) is 26.4 Å². The molecule has 3 rings (SSSR count). The molecule has 214 valence electrons. The highest BCUT2D eigenvalue weighted by Gasteiger charge is 2.32. The smallest absolute Gasteiger partial charge is 0.421 e. The standard InChI is InChI=1S/C25H21Cl2F3N2O7S/c1-36-11-12-37-19-7-4-16(22(14-19)39-23-21(27)13-17(15-31-23)25(28,29)30)3-2-10-38-24(33)32-40(34,35)20-8-5-18(26)6-9-20/h2-9,13-15H,10-12H2,1H3,(H,32,33)/b3-2+. The van der Waals surface area contributed by atoms with E-state index in [-0.39, 0.29) is 34.8 Å². The van der Waals surface area contributed by atoms with Crippen LogP contribution in [-0.2, 0) is 25.7 Å². The molecule has 0 saturated carbocycles. The van der Waals surface area contributed by atoms with Crippen LogP contribution in [0.25, 0.3) is 6.08 Å². The molecule has 0 spiro atoms. The van der Waals surface area contributed by atoms with Gasteiger partial charge < -0.3 is 18.9 Å².